The Kier molecular flexibility index (Phi) is 6.29. The van der Waals surface area contributed by atoms with Crippen LogP contribution in [0, 0.1) is 11.3 Å². The van der Waals surface area contributed by atoms with Gasteiger partial charge in [-0.05, 0) is 24.3 Å². The first-order valence-corrected chi connectivity index (χ1v) is 9.20. The van der Waals surface area contributed by atoms with Gasteiger partial charge in [-0.3, -0.25) is 0 Å². The van der Waals surface area contributed by atoms with Crippen molar-refractivity contribution in [2.45, 2.75) is 0 Å². The highest BCUT2D eigenvalue weighted by atomic mass is 16.5. The summed E-state index contributed by atoms with van der Waals surface area (Å²) in [6, 6.07) is 12.8. The molecule has 29 heavy (non-hydrogen) atoms. The van der Waals surface area contributed by atoms with E-state index in [2.05, 4.69) is 16.3 Å². The number of benzene rings is 2. The van der Waals surface area contributed by atoms with Gasteiger partial charge in [0, 0.05) is 44.0 Å². The molecule has 0 aliphatic carbocycles. The van der Waals surface area contributed by atoms with Gasteiger partial charge in [-0.25, -0.2) is 4.79 Å². The van der Waals surface area contributed by atoms with Crippen LogP contribution in [0.3, 0.4) is 0 Å². The summed E-state index contributed by atoms with van der Waals surface area (Å²) in [6.07, 6.45) is 0. The maximum Gasteiger partial charge on any atom is 0.321 e. The molecular weight excluding hydrogens is 372 g/mol. The summed E-state index contributed by atoms with van der Waals surface area (Å²) in [5, 5.41) is 11.8. The molecule has 0 spiro atoms. The molecule has 152 valence electrons. The normalized spacial score (nSPS) is 13.4. The fourth-order valence-corrected chi connectivity index (χ4v) is 3.27. The van der Waals surface area contributed by atoms with Crippen LogP contribution in [-0.4, -0.2) is 58.4 Å². The van der Waals surface area contributed by atoms with E-state index in [1.165, 1.54) is 21.3 Å². The first-order valence-electron chi connectivity index (χ1n) is 9.20. The van der Waals surface area contributed by atoms with Gasteiger partial charge in [0.15, 0.2) is 11.5 Å². The van der Waals surface area contributed by atoms with Crippen molar-refractivity contribution in [1.82, 2.24) is 4.90 Å². The Morgan fingerprint density at radius 1 is 0.966 bits per heavy atom. The largest absolute Gasteiger partial charge is 0.493 e. The molecule has 1 aliphatic heterocycles. The van der Waals surface area contributed by atoms with E-state index in [1.54, 1.807) is 29.2 Å². The lowest BCUT2D eigenvalue weighted by Gasteiger charge is -2.36. The Hall–Kier alpha value is -3.60. The summed E-state index contributed by atoms with van der Waals surface area (Å²) >= 11 is 0. The fraction of sp³-hybridized carbons (Fsp3) is 0.333. The number of carbonyl (C=O) groups is 1. The van der Waals surface area contributed by atoms with Gasteiger partial charge in [-0.2, -0.15) is 5.26 Å². The molecule has 0 atom stereocenters. The molecule has 1 fully saturated rings. The van der Waals surface area contributed by atoms with Crippen LogP contribution >= 0.6 is 0 Å². The number of carbonyl (C=O) groups excluding carboxylic acids is 1. The lowest BCUT2D eigenvalue weighted by molar-refractivity contribution is 0.208. The van der Waals surface area contributed by atoms with E-state index in [1.807, 2.05) is 12.1 Å². The van der Waals surface area contributed by atoms with Crippen molar-refractivity contribution in [1.29, 1.82) is 5.26 Å². The zero-order valence-electron chi connectivity index (χ0n) is 16.8. The molecule has 8 nitrogen and oxygen atoms in total. The molecule has 0 aromatic heterocycles. The lowest BCUT2D eigenvalue weighted by Crippen LogP contribution is -2.50. The molecule has 8 heteroatoms. The molecule has 0 saturated carbocycles. The zero-order valence-corrected chi connectivity index (χ0v) is 16.8. The van der Waals surface area contributed by atoms with Gasteiger partial charge in [-0.15, -0.1) is 0 Å². The van der Waals surface area contributed by atoms with Crippen LogP contribution in [0.1, 0.15) is 5.56 Å². The van der Waals surface area contributed by atoms with E-state index < -0.39 is 0 Å². The molecule has 2 amide bonds. The topological polar surface area (TPSA) is 87.1 Å². The third kappa shape index (κ3) is 4.46. The molecule has 3 rings (SSSR count). The molecule has 1 heterocycles. The van der Waals surface area contributed by atoms with Gasteiger partial charge < -0.3 is 29.3 Å². The van der Waals surface area contributed by atoms with Crippen molar-refractivity contribution in [3.8, 4) is 23.3 Å². The van der Waals surface area contributed by atoms with Crippen molar-refractivity contribution in [3.63, 3.8) is 0 Å². The number of nitriles is 1. The van der Waals surface area contributed by atoms with Crippen molar-refractivity contribution < 1.29 is 19.0 Å². The maximum atomic E-state index is 12.7. The highest BCUT2D eigenvalue weighted by Gasteiger charge is 2.22. The van der Waals surface area contributed by atoms with Crippen molar-refractivity contribution in [3.05, 3.63) is 42.0 Å². The van der Waals surface area contributed by atoms with Gasteiger partial charge in [0.2, 0.25) is 5.75 Å². The molecule has 0 bridgehead atoms. The number of ether oxygens (including phenoxy) is 3. The second-order valence-corrected chi connectivity index (χ2v) is 6.48. The summed E-state index contributed by atoms with van der Waals surface area (Å²) in [5.41, 5.74) is 2.25. The average molecular weight is 396 g/mol. The number of nitrogens with zero attached hydrogens (tertiary/aromatic N) is 3. The van der Waals surface area contributed by atoms with Crippen LogP contribution in [0.4, 0.5) is 16.2 Å². The number of nitrogens with one attached hydrogen (secondary N) is 1. The summed E-state index contributed by atoms with van der Waals surface area (Å²) in [5.74, 6) is 1.43. The van der Waals surface area contributed by atoms with Gasteiger partial charge in [0.1, 0.15) is 0 Å². The summed E-state index contributed by atoms with van der Waals surface area (Å²) in [7, 11) is 4.60. The molecule has 1 saturated heterocycles. The molecule has 0 radical (unpaired) electrons. The number of anilines is 2. The third-order valence-electron chi connectivity index (χ3n) is 4.84. The van der Waals surface area contributed by atoms with Gasteiger partial charge in [0.05, 0.1) is 38.6 Å². The van der Waals surface area contributed by atoms with E-state index in [-0.39, 0.29) is 6.03 Å². The Balaban J connectivity index is 1.63. The van der Waals surface area contributed by atoms with Crippen molar-refractivity contribution in [2.75, 3.05) is 57.7 Å². The maximum absolute atomic E-state index is 12.7. The molecule has 1 N–H and O–H groups in total. The zero-order chi connectivity index (χ0) is 20.8. The van der Waals surface area contributed by atoms with Crippen molar-refractivity contribution >= 4 is 17.4 Å². The Morgan fingerprint density at radius 2 is 1.55 bits per heavy atom. The minimum Gasteiger partial charge on any atom is -0.493 e. The molecule has 2 aromatic rings. The number of methoxy groups -OCH3 is 3. The smallest absolute Gasteiger partial charge is 0.321 e. The highest BCUT2D eigenvalue weighted by molar-refractivity contribution is 5.90. The van der Waals surface area contributed by atoms with Gasteiger partial charge in [0.25, 0.3) is 0 Å². The SMILES string of the molecule is COc1cc(NC(=O)N2CCN(c3ccc(C#N)cc3)CC2)cc(OC)c1OC. The fourth-order valence-electron chi connectivity index (χ4n) is 3.27. The lowest BCUT2D eigenvalue weighted by atomic mass is 10.2. The van der Waals surface area contributed by atoms with E-state index in [0.29, 0.717) is 54.7 Å². The molecular formula is C21H24N4O4. The predicted octanol–water partition coefficient (Wildman–Crippen LogP) is 2.94. The van der Waals surface area contributed by atoms with E-state index in [9.17, 15) is 4.79 Å². The predicted molar refractivity (Wildman–Crippen MR) is 110 cm³/mol. The van der Waals surface area contributed by atoms with Crippen LogP contribution in [0.15, 0.2) is 36.4 Å². The van der Waals surface area contributed by atoms with Crippen LogP contribution in [0.2, 0.25) is 0 Å². The monoisotopic (exact) mass is 396 g/mol. The number of hydrogen-bond acceptors (Lipinski definition) is 6. The number of rotatable bonds is 5. The van der Waals surface area contributed by atoms with Gasteiger partial charge >= 0.3 is 6.03 Å². The second kappa shape index (κ2) is 9.06. The summed E-state index contributed by atoms with van der Waals surface area (Å²) < 4.78 is 16.0. The van der Waals surface area contributed by atoms with E-state index >= 15 is 0 Å². The molecule has 0 unspecified atom stereocenters. The minimum absolute atomic E-state index is 0.182. The quantitative estimate of drug-likeness (QED) is 0.836. The number of urea groups is 1. The number of amides is 2. The first kappa shape index (κ1) is 20.1. The summed E-state index contributed by atoms with van der Waals surface area (Å²) in [4.78, 5) is 16.7. The second-order valence-electron chi connectivity index (χ2n) is 6.48. The highest BCUT2D eigenvalue weighted by Crippen LogP contribution is 2.40. The third-order valence-corrected chi connectivity index (χ3v) is 4.84. The van der Waals surface area contributed by atoms with E-state index in [0.717, 1.165) is 5.69 Å². The number of hydrogen-bond donors (Lipinski definition) is 1. The van der Waals surface area contributed by atoms with Crippen LogP contribution < -0.4 is 24.4 Å². The Labute approximate surface area is 170 Å². The Bertz CT molecular complexity index is 875. The Morgan fingerprint density at radius 3 is 2.03 bits per heavy atom. The summed E-state index contributed by atoms with van der Waals surface area (Å²) in [6.45, 7) is 2.62. The first-order chi connectivity index (χ1) is 14.1. The van der Waals surface area contributed by atoms with E-state index in [4.69, 9.17) is 19.5 Å². The molecule has 2 aromatic carbocycles. The minimum atomic E-state index is -0.182. The van der Waals surface area contributed by atoms with Crippen LogP contribution in [0.25, 0.3) is 0 Å². The van der Waals surface area contributed by atoms with Crippen LogP contribution in [-0.2, 0) is 0 Å². The van der Waals surface area contributed by atoms with Gasteiger partial charge in [-0.1, -0.05) is 0 Å². The van der Waals surface area contributed by atoms with Crippen LogP contribution in [0.5, 0.6) is 17.2 Å². The van der Waals surface area contributed by atoms with Crippen molar-refractivity contribution in [2.24, 2.45) is 0 Å². The molecule has 1 aliphatic rings. The number of piperazine rings is 1. The standard InChI is InChI=1S/C21H24N4O4/c1-27-18-12-16(13-19(28-2)20(18)29-3)23-21(26)25-10-8-24(9-11-25)17-6-4-15(14-22)5-7-17/h4-7,12-13H,8-11H2,1-3H3,(H,23,26). The average Bonchev–Trinajstić information content (AvgIpc) is 2.78.